The third kappa shape index (κ3) is 12.3. The Hall–Kier alpha value is -2.21. The maximum Gasteiger partial charge on any atom is 0.475 e. The van der Waals surface area contributed by atoms with Crippen molar-refractivity contribution in [1.82, 2.24) is 16.1 Å². The number of guanidine groups is 1. The number of nitrogens with two attached hydrogens (primary N) is 1. The van der Waals surface area contributed by atoms with E-state index in [1.54, 1.807) is 0 Å². The van der Waals surface area contributed by atoms with E-state index in [0.29, 0.717) is 24.1 Å². The van der Waals surface area contributed by atoms with Gasteiger partial charge in [0.05, 0.1) is 10.8 Å². The van der Waals surface area contributed by atoms with Gasteiger partial charge in [-0.15, -0.1) is 0 Å². The molecule has 2 amide bonds. The van der Waals surface area contributed by atoms with Crippen molar-refractivity contribution in [2.75, 3.05) is 13.6 Å². The summed E-state index contributed by atoms with van der Waals surface area (Å²) in [7, 11) is -0.474. The number of aliphatic imine (C=N–C) groups is 1. The van der Waals surface area contributed by atoms with Gasteiger partial charge in [0.15, 0.2) is 0 Å². The van der Waals surface area contributed by atoms with Gasteiger partial charge in [-0.2, -0.15) is 0 Å². The number of hydrogen-bond donors (Lipinski definition) is 6. The second-order valence-corrected chi connectivity index (χ2v) is 8.84. The predicted molar refractivity (Wildman–Crippen MR) is 121 cm³/mol. The highest BCUT2D eigenvalue weighted by atomic mass is 16.4. The van der Waals surface area contributed by atoms with E-state index in [1.807, 2.05) is 34.6 Å². The van der Waals surface area contributed by atoms with Crippen LogP contribution in [0.3, 0.4) is 0 Å². The molecule has 0 unspecified atom stereocenters. The minimum absolute atomic E-state index is 0.0491. The molecular formula is C19H40BN6O5+. The zero-order valence-electron chi connectivity index (χ0n) is 19.6. The first kappa shape index (κ1) is 28.8. The van der Waals surface area contributed by atoms with E-state index >= 15 is 0 Å². The van der Waals surface area contributed by atoms with E-state index in [4.69, 9.17) is 5.73 Å². The van der Waals surface area contributed by atoms with Crippen molar-refractivity contribution in [2.45, 2.75) is 78.7 Å². The maximum absolute atomic E-state index is 12.9. The fourth-order valence-corrected chi connectivity index (χ4v) is 3.10. The zero-order valence-corrected chi connectivity index (χ0v) is 19.6. The molecule has 0 aliphatic carbocycles. The lowest BCUT2D eigenvalue weighted by molar-refractivity contribution is -0.562. The minimum Gasteiger partial charge on any atom is -0.426 e. The van der Waals surface area contributed by atoms with Crippen LogP contribution in [0.25, 0.3) is 0 Å². The van der Waals surface area contributed by atoms with Gasteiger partial charge in [0.2, 0.25) is 24.8 Å². The average Bonchev–Trinajstić information content (AvgIpc) is 2.62. The van der Waals surface area contributed by atoms with Crippen molar-refractivity contribution in [3.63, 3.8) is 0 Å². The molecule has 0 bridgehead atoms. The van der Waals surface area contributed by atoms with Crippen molar-refractivity contribution in [1.29, 1.82) is 0 Å². The molecule has 0 aliphatic rings. The van der Waals surface area contributed by atoms with Gasteiger partial charge < -0.3 is 26.4 Å². The van der Waals surface area contributed by atoms with Crippen LogP contribution in [0.4, 0.5) is 0 Å². The van der Waals surface area contributed by atoms with Gasteiger partial charge in [0.25, 0.3) is 0 Å². The van der Waals surface area contributed by atoms with Crippen LogP contribution in [0.1, 0.15) is 66.7 Å². The Kier molecular flexibility index (Phi) is 13.0. The van der Waals surface area contributed by atoms with Gasteiger partial charge in [-0.25, -0.2) is 4.99 Å². The molecule has 0 rings (SSSR count). The molecule has 2 atom stereocenters. The lowest BCUT2D eigenvalue weighted by Crippen LogP contribution is -2.55. The van der Waals surface area contributed by atoms with Crippen molar-refractivity contribution in [3.8, 4) is 0 Å². The largest absolute Gasteiger partial charge is 0.475 e. The van der Waals surface area contributed by atoms with Crippen molar-refractivity contribution in [3.05, 3.63) is 4.91 Å². The molecule has 0 spiro atoms. The molecule has 0 aromatic rings. The Balaban J connectivity index is 5.26. The van der Waals surface area contributed by atoms with Crippen LogP contribution in [0.15, 0.2) is 4.99 Å². The minimum atomic E-state index is -1.71. The molecule has 31 heavy (non-hydrogen) atoms. The SMILES string of the molecule is CCCC(C)(C)C(=O)N[C@@H](CCCN=C(N)N[N+](C)=O)C(=O)N[C@@H](CC(C)C)B(O)O. The highest BCUT2D eigenvalue weighted by Gasteiger charge is 2.33. The quantitative estimate of drug-likeness (QED) is 0.0541. The molecule has 0 aromatic carbocycles. The third-order valence-electron chi connectivity index (χ3n) is 4.73. The molecule has 0 aromatic heterocycles. The molecule has 0 saturated carbocycles. The summed E-state index contributed by atoms with van der Waals surface area (Å²) in [4.78, 5) is 40.9. The van der Waals surface area contributed by atoms with Crippen LogP contribution in [0.5, 0.6) is 0 Å². The van der Waals surface area contributed by atoms with Gasteiger partial charge in [-0.05, 0) is 31.6 Å². The van der Waals surface area contributed by atoms with Crippen molar-refractivity contribution in [2.24, 2.45) is 22.1 Å². The van der Waals surface area contributed by atoms with Crippen LogP contribution < -0.4 is 21.8 Å². The van der Waals surface area contributed by atoms with Crippen LogP contribution >= 0.6 is 0 Å². The summed E-state index contributed by atoms with van der Waals surface area (Å²) < 4.78 is 0. The number of carbonyl (C=O) groups excluding carboxylic acids is 2. The third-order valence-corrected chi connectivity index (χ3v) is 4.73. The van der Waals surface area contributed by atoms with Gasteiger partial charge in [0, 0.05) is 12.0 Å². The Bertz CT molecular complexity index is 627. The molecule has 12 heteroatoms. The van der Waals surface area contributed by atoms with Gasteiger partial charge in [-0.3, -0.25) is 9.59 Å². The summed E-state index contributed by atoms with van der Waals surface area (Å²) in [5.41, 5.74) is 7.19. The molecule has 0 saturated heterocycles. The zero-order chi connectivity index (χ0) is 24.2. The molecule has 0 fully saturated rings. The standard InChI is InChI=1S/C19H39BN6O5/c1-7-10-19(4,5)17(28)23-14(9-8-11-22-18(21)25-26(6)31)16(27)24-15(20(29)30)12-13(2)3/h13-15,29-30H,7-12H2,1-6H3,(H4-,21,22,23,24,25,27,28,31)/p+1/t14-,15-/m0/s1. The number of carbonyl (C=O) groups is 2. The molecule has 0 aliphatic heterocycles. The molecule has 7 N–H and O–H groups in total. The van der Waals surface area contributed by atoms with E-state index in [1.165, 1.54) is 7.05 Å². The lowest BCUT2D eigenvalue weighted by Gasteiger charge is -2.28. The highest BCUT2D eigenvalue weighted by molar-refractivity contribution is 6.43. The first-order chi connectivity index (χ1) is 14.3. The summed E-state index contributed by atoms with van der Waals surface area (Å²) in [5.74, 6) is -1.51. The molecule has 0 heterocycles. The number of rotatable bonds is 14. The average molecular weight is 443 g/mol. The molecule has 11 nitrogen and oxygen atoms in total. The smallest absolute Gasteiger partial charge is 0.426 e. The summed E-state index contributed by atoms with van der Waals surface area (Å²) in [6.45, 7) is 9.66. The van der Waals surface area contributed by atoms with Gasteiger partial charge in [-0.1, -0.05) is 46.5 Å². The molecule has 0 radical (unpaired) electrons. The Labute approximate surface area is 185 Å². The van der Waals surface area contributed by atoms with E-state index < -0.39 is 30.4 Å². The maximum atomic E-state index is 12.9. The number of amides is 2. The predicted octanol–water partition coefficient (Wildman–Crippen LogP) is -0.151. The first-order valence-electron chi connectivity index (χ1n) is 10.7. The number of hydrogen-bond acceptors (Lipinski definition) is 6. The number of nitrogens with zero attached hydrogens (tertiary/aromatic N) is 2. The number of nitrogens with one attached hydrogen (secondary N) is 3. The fourth-order valence-electron chi connectivity index (χ4n) is 3.10. The number of hydrazine groups is 1. The van der Waals surface area contributed by atoms with Gasteiger partial charge >= 0.3 is 7.12 Å². The second-order valence-electron chi connectivity index (χ2n) is 8.84. The first-order valence-corrected chi connectivity index (χ1v) is 10.7. The molecular weight excluding hydrogens is 403 g/mol. The summed E-state index contributed by atoms with van der Waals surface area (Å²) >= 11 is 0. The van der Waals surface area contributed by atoms with Crippen molar-refractivity contribution >= 4 is 24.9 Å². The molecule has 178 valence electrons. The highest BCUT2D eigenvalue weighted by Crippen LogP contribution is 2.22. The summed E-state index contributed by atoms with van der Waals surface area (Å²) in [6.07, 6.45) is 2.53. The Morgan fingerprint density at radius 3 is 2.32 bits per heavy atom. The topological polar surface area (TPSA) is 169 Å². The monoisotopic (exact) mass is 443 g/mol. The lowest BCUT2D eigenvalue weighted by atomic mass is 9.75. The van der Waals surface area contributed by atoms with Crippen LogP contribution in [0, 0.1) is 16.2 Å². The van der Waals surface area contributed by atoms with Crippen LogP contribution in [0.2, 0.25) is 0 Å². The van der Waals surface area contributed by atoms with Crippen LogP contribution in [-0.2, 0) is 9.59 Å². The van der Waals surface area contributed by atoms with E-state index in [0.717, 1.165) is 6.42 Å². The summed E-state index contributed by atoms with van der Waals surface area (Å²) in [5, 5.41) is 24.6. The van der Waals surface area contributed by atoms with Crippen molar-refractivity contribution < 1.29 is 24.5 Å². The normalized spacial score (nSPS) is 14.0. The van der Waals surface area contributed by atoms with E-state index in [2.05, 4.69) is 21.1 Å². The Morgan fingerprint density at radius 1 is 1.23 bits per heavy atom. The summed E-state index contributed by atoms with van der Waals surface area (Å²) in [6, 6.07) is -0.872. The fraction of sp³-hybridized carbons (Fsp3) is 0.842. The van der Waals surface area contributed by atoms with E-state index in [9.17, 15) is 24.5 Å². The number of nitroso groups, excluding NO2 is 1. The second kappa shape index (κ2) is 14.0. The van der Waals surface area contributed by atoms with Crippen LogP contribution in [-0.4, -0.2) is 65.4 Å². The van der Waals surface area contributed by atoms with E-state index in [-0.39, 0.29) is 30.8 Å². The Morgan fingerprint density at radius 2 is 1.84 bits per heavy atom. The van der Waals surface area contributed by atoms with Gasteiger partial charge in [0.1, 0.15) is 10.9 Å².